The van der Waals surface area contributed by atoms with Crippen molar-refractivity contribution in [2.75, 3.05) is 46.4 Å². The molecule has 1 aliphatic heterocycles. The molecule has 0 bridgehead atoms. The standard InChI is InChI=1S/C17H26N4O4S/c1-25-12-4-2-3-7-20-8-10-21(11-9-20)26(23,24)14-5-6-15-16(13-14)19-17(22)18-15/h5-6,13H,2-4,7-12H2,1H3,(H2,18,19,22). The van der Waals surface area contributed by atoms with Gasteiger partial charge in [0.2, 0.25) is 10.0 Å². The van der Waals surface area contributed by atoms with Gasteiger partial charge in [-0.15, -0.1) is 0 Å². The molecule has 2 N–H and O–H groups in total. The number of hydrogen-bond donors (Lipinski definition) is 2. The van der Waals surface area contributed by atoms with Crippen LogP contribution < -0.4 is 5.69 Å². The zero-order chi connectivity index (χ0) is 18.6. The van der Waals surface area contributed by atoms with Gasteiger partial charge in [0.05, 0.1) is 15.9 Å². The number of aromatic nitrogens is 2. The molecule has 1 saturated heterocycles. The van der Waals surface area contributed by atoms with Gasteiger partial charge in [-0.05, 0) is 44.0 Å². The molecule has 1 aromatic heterocycles. The summed E-state index contributed by atoms with van der Waals surface area (Å²) in [6.07, 6.45) is 3.30. The fourth-order valence-corrected chi connectivity index (χ4v) is 4.72. The van der Waals surface area contributed by atoms with Crippen LogP contribution in [0.1, 0.15) is 19.3 Å². The summed E-state index contributed by atoms with van der Waals surface area (Å²) in [7, 11) is -1.83. The van der Waals surface area contributed by atoms with Gasteiger partial charge >= 0.3 is 5.69 Å². The van der Waals surface area contributed by atoms with Crippen molar-refractivity contribution in [3.63, 3.8) is 0 Å². The maximum Gasteiger partial charge on any atom is 0.323 e. The largest absolute Gasteiger partial charge is 0.385 e. The average Bonchev–Trinajstić information content (AvgIpc) is 3.01. The van der Waals surface area contributed by atoms with Gasteiger partial charge in [-0.3, -0.25) is 0 Å². The summed E-state index contributed by atoms with van der Waals surface area (Å²) in [5.41, 5.74) is 0.770. The number of piperazine rings is 1. The maximum atomic E-state index is 12.9. The lowest BCUT2D eigenvalue weighted by atomic mass is 10.2. The predicted octanol–water partition coefficient (Wildman–Crippen LogP) is 0.979. The average molecular weight is 382 g/mol. The van der Waals surface area contributed by atoms with Crippen molar-refractivity contribution in [2.24, 2.45) is 0 Å². The molecule has 26 heavy (non-hydrogen) atoms. The molecule has 0 aliphatic carbocycles. The van der Waals surface area contributed by atoms with Gasteiger partial charge < -0.3 is 19.6 Å². The van der Waals surface area contributed by atoms with Crippen molar-refractivity contribution in [2.45, 2.75) is 24.2 Å². The lowest BCUT2D eigenvalue weighted by Crippen LogP contribution is -2.48. The second-order valence-corrected chi connectivity index (χ2v) is 8.52. The first-order chi connectivity index (χ1) is 12.5. The number of imidazole rings is 1. The Morgan fingerprint density at radius 2 is 1.77 bits per heavy atom. The highest BCUT2D eigenvalue weighted by molar-refractivity contribution is 7.89. The molecule has 9 heteroatoms. The van der Waals surface area contributed by atoms with Crippen LogP contribution in [0, 0.1) is 0 Å². The molecule has 1 aliphatic rings. The Kier molecular flexibility index (Phi) is 6.13. The molecule has 0 unspecified atom stereocenters. The van der Waals surface area contributed by atoms with Gasteiger partial charge in [-0.2, -0.15) is 4.31 Å². The van der Waals surface area contributed by atoms with Crippen LogP contribution in [0.15, 0.2) is 27.9 Å². The number of fused-ring (bicyclic) bond motifs is 1. The van der Waals surface area contributed by atoms with E-state index in [-0.39, 0.29) is 10.6 Å². The second-order valence-electron chi connectivity index (χ2n) is 6.59. The lowest BCUT2D eigenvalue weighted by Gasteiger charge is -2.34. The number of benzene rings is 1. The van der Waals surface area contributed by atoms with Gasteiger partial charge in [0, 0.05) is 39.9 Å². The number of unbranched alkanes of at least 4 members (excludes halogenated alkanes) is 2. The van der Waals surface area contributed by atoms with Gasteiger partial charge in [0.15, 0.2) is 0 Å². The number of hydrogen-bond acceptors (Lipinski definition) is 5. The zero-order valence-corrected chi connectivity index (χ0v) is 15.8. The summed E-state index contributed by atoms with van der Waals surface area (Å²) in [4.78, 5) is 19.1. The van der Waals surface area contributed by atoms with E-state index in [1.165, 1.54) is 10.4 Å². The topological polar surface area (TPSA) is 98.5 Å². The Balaban J connectivity index is 1.57. The van der Waals surface area contributed by atoms with E-state index >= 15 is 0 Å². The molecular formula is C17H26N4O4S. The third-order valence-corrected chi connectivity index (χ3v) is 6.67. The highest BCUT2D eigenvalue weighted by atomic mass is 32.2. The zero-order valence-electron chi connectivity index (χ0n) is 15.0. The van der Waals surface area contributed by atoms with Gasteiger partial charge in [0.1, 0.15) is 0 Å². The molecule has 0 atom stereocenters. The molecule has 2 heterocycles. The van der Waals surface area contributed by atoms with Crippen molar-refractivity contribution < 1.29 is 13.2 Å². The van der Waals surface area contributed by atoms with E-state index in [0.29, 0.717) is 24.1 Å². The second kappa shape index (κ2) is 8.34. The minimum Gasteiger partial charge on any atom is -0.385 e. The molecular weight excluding hydrogens is 356 g/mol. The normalized spacial score (nSPS) is 17.1. The van der Waals surface area contributed by atoms with E-state index in [4.69, 9.17) is 4.74 Å². The van der Waals surface area contributed by atoms with E-state index in [1.54, 1.807) is 19.2 Å². The monoisotopic (exact) mass is 382 g/mol. The number of nitrogens with zero attached hydrogens (tertiary/aromatic N) is 2. The van der Waals surface area contributed by atoms with E-state index in [9.17, 15) is 13.2 Å². The molecule has 0 amide bonds. The molecule has 8 nitrogen and oxygen atoms in total. The Hall–Kier alpha value is -1.68. The van der Waals surface area contributed by atoms with Gasteiger partial charge in [0.25, 0.3) is 0 Å². The van der Waals surface area contributed by atoms with Crippen LogP contribution >= 0.6 is 0 Å². The molecule has 2 aromatic rings. The lowest BCUT2D eigenvalue weighted by molar-refractivity contribution is 0.174. The van der Waals surface area contributed by atoms with Crippen LogP contribution in [0.2, 0.25) is 0 Å². The summed E-state index contributed by atoms with van der Waals surface area (Å²) in [5.74, 6) is 0. The fourth-order valence-electron chi connectivity index (χ4n) is 3.27. The van der Waals surface area contributed by atoms with Crippen molar-refractivity contribution in [3.8, 4) is 0 Å². The van der Waals surface area contributed by atoms with Crippen molar-refractivity contribution in [3.05, 3.63) is 28.7 Å². The Bertz CT molecular complexity index is 882. The highest BCUT2D eigenvalue weighted by Gasteiger charge is 2.28. The Morgan fingerprint density at radius 3 is 2.50 bits per heavy atom. The first kappa shape index (κ1) is 19.1. The van der Waals surface area contributed by atoms with Crippen LogP contribution in [0.5, 0.6) is 0 Å². The van der Waals surface area contributed by atoms with E-state index in [0.717, 1.165) is 45.5 Å². The van der Waals surface area contributed by atoms with E-state index in [1.807, 2.05) is 0 Å². The number of ether oxygens (including phenoxy) is 1. The first-order valence-electron chi connectivity index (χ1n) is 8.94. The third-order valence-electron chi connectivity index (χ3n) is 4.78. The predicted molar refractivity (Wildman–Crippen MR) is 99.8 cm³/mol. The summed E-state index contributed by atoms with van der Waals surface area (Å²) in [5, 5.41) is 0. The summed E-state index contributed by atoms with van der Waals surface area (Å²) in [6.45, 7) is 4.25. The van der Waals surface area contributed by atoms with E-state index < -0.39 is 10.0 Å². The maximum absolute atomic E-state index is 12.9. The van der Waals surface area contributed by atoms with Crippen LogP contribution in [-0.4, -0.2) is 74.0 Å². The van der Waals surface area contributed by atoms with Gasteiger partial charge in [-0.1, -0.05) is 0 Å². The molecule has 1 fully saturated rings. The van der Waals surface area contributed by atoms with Crippen molar-refractivity contribution in [1.29, 1.82) is 0 Å². The van der Waals surface area contributed by atoms with Crippen LogP contribution in [-0.2, 0) is 14.8 Å². The minimum absolute atomic E-state index is 0.216. The Labute approximate surface area is 153 Å². The first-order valence-corrected chi connectivity index (χ1v) is 10.4. The number of nitrogens with one attached hydrogen (secondary N) is 2. The summed E-state index contributed by atoms with van der Waals surface area (Å²) < 4.78 is 32.3. The minimum atomic E-state index is -3.55. The smallest absolute Gasteiger partial charge is 0.323 e. The molecule has 0 radical (unpaired) electrons. The van der Waals surface area contributed by atoms with Crippen molar-refractivity contribution in [1.82, 2.24) is 19.2 Å². The SMILES string of the molecule is COCCCCCN1CCN(S(=O)(=O)c2ccc3[nH]c(=O)[nH]c3c2)CC1. The van der Waals surface area contributed by atoms with Crippen LogP contribution in [0.4, 0.5) is 0 Å². The van der Waals surface area contributed by atoms with Crippen LogP contribution in [0.3, 0.4) is 0 Å². The fraction of sp³-hybridized carbons (Fsp3) is 0.588. The molecule has 144 valence electrons. The highest BCUT2D eigenvalue weighted by Crippen LogP contribution is 2.20. The third kappa shape index (κ3) is 4.35. The molecule has 3 rings (SSSR count). The number of sulfonamides is 1. The summed E-state index contributed by atoms with van der Waals surface area (Å²) >= 11 is 0. The summed E-state index contributed by atoms with van der Waals surface area (Å²) in [6, 6.07) is 4.69. The number of aromatic amines is 2. The van der Waals surface area contributed by atoms with Gasteiger partial charge in [-0.25, -0.2) is 13.2 Å². The molecule has 0 saturated carbocycles. The van der Waals surface area contributed by atoms with Crippen LogP contribution in [0.25, 0.3) is 11.0 Å². The van der Waals surface area contributed by atoms with E-state index in [2.05, 4.69) is 14.9 Å². The Morgan fingerprint density at radius 1 is 1.04 bits per heavy atom. The molecule has 1 aromatic carbocycles. The number of methoxy groups -OCH3 is 1. The quantitative estimate of drug-likeness (QED) is 0.663. The number of rotatable bonds is 8. The van der Waals surface area contributed by atoms with Crippen molar-refractivity contribution >= 4 is 21.1 Å². The molecule has 0 spiro atoms. The number of H-pyrrole nitrogens is 2.